The van der Waals surface area contributed by atoms with Gasteiger partial charge in [-0.05, 0) is 31.2 Å². The molecule has 126 valence electrons. The summed E-state index contributed by atoms with van der Waals surface area (Å²) in [5.41, 5.74) is 0.209. The van der Waals surface area contributed by atoms with Crippen LogP contribution in [0.25, 0.3) is 0 Å². The highest BCUT2D eigenvalue weighted by atomic mass is 19.1. The summed E-state index contributed by atoms with van der Waals surface area (Å²) >= 11 is 0. The van der Waals surface area contributed by atoms with Gasteiger partial charge in [-0.3, -0.25) is 14.9 Å². The molecule has 0 radical (unpaired) electrons. The third-order valence-electron chi connectivity index (χ3n) is 3.17. The third-order valence-corrected chi connectivity index (χ3v) is 3.17. The van der Waals surface area contributed by atoms with Crippen molar-refractivity contribution < 1.29 is 23.2 Å². The van der Waals surface area contributed by atoms with E-state index in [1.165, 1.54) is 25.1 Å². The van der Waals surface area contributed by atoms with Crippen molar-refractivity contribution in [3.8, 4) is 5.75 Å². The van der Waals surface area contributed by atoms with Gasteiger partial charge in [0, 0.05) is 24.2 Å². The lowest BCUT2D eigenvalue weighted by Crippen LogP contribution is -2.13. The van der Waals surface area contributed by atoms with Gasteiger partial charge in [-0.25, -0.2) is 8.78 Å². The molecule has 2 aromatic rings. The molecule has 0 fully saturated rings. The highest BCUT2D eigenvalue weighted by Crippen LogP contribution is 2.25. The number of nitrogens with zero attached hydrogens (tertiary/aromatic N) is 1. The van der Waals surface area contributed by atoms with E-state index in [1.54, 1.807) is 0 Å². The standard InChI is InChI=1S/C16H14F2N2O4/c1-10(21)11-2-4-14(15(8-11)20(22)23)19-6-7-24-16-5-3-12(17)9-13(16)18/h2-5,8-9,19H,6-7H2,1H3. The first-order chi connectivity index (χ1) is 11.4. The summed E-state index contributed by atoms with van der Waals surface area (Å²) < 4.78 is 31.3. The van der Waals surface area contributed by atoms with Gasteiger partial charge in [-0.1, -0.05) is 0 Å². The first-order valence-corrected chi connectivity index (χ1v) is 6.99. The number of nitro groups is 1. The summed E-state index contributed by atoms with van der Waals surface area (Å²) in [6, 6.07) is 7.01. The Morgan fingerprint density at radius 3 is 2.62 bits per heavy atom. The number of rotatable bonds is 7. The molecule has 0 spiro atoms. The Bertz CT molecular complexity index is 781. The van der Waals surface area contributed by atoms with E-state index in [9.17, 15) is 23.7 Å². The molecule has 1 N–H and O–H groups in total. The van der Waals surface area contributed by atoms with E-state index >= 15 is 0 Å². The Hall–Kier alpha value is -3.03. The van der Waals surface area contributed by atoms with Crippen LogP contribution in [0.1, 0.15) is 17.3 Å². The zero-order valence-electron chi connectivity index (χ0n) is 12.7. The number of Topliss-reactive ketones (excluding diaryl/α,β-unsaturated/α-hetero) is 1. The number of halogens is 2. The van der Waals surface area contributed by atoms with Gasteiger partial charge in [-0.15, -0.1) is 0 Å². The van der Waals surface area contributed by atoms with Crippen LogP contribution in [0, 0.1) is 21.7 Å². The van der Waals surface area contributed by atoms with Crippen molar-refractivity contribution in [2.24, 2.45) is 0 Å². The van der Waals surface area contributed by atoms with Gasteiger partial charge in [0.15, 0.2) is 17.3 Å². The molecular formula is C16H14F2N2O4. The first kappa shape index (κ1) is 17.3. The smallest absolute Gasteiger partial charge is 0.293 e. The number of hydrogen-bond acceptors (Lipinski definition) is 5. The van der Waals surface area contributed by atoms with Gasteiger partial charge in [0.1, 0.15) is 18.1 Å². The average Bonchev–Trinajstić information content (AvgIpc) is 2.52. The minimum absolute atomic E-state index is 0.00810. The van der Waals surface area contributed by atoms with Crippen molar-refractivity contribution in [3.05, 3.63) is 63.7 Å². The highest BCUT2D eigenvalue weighted by Gasteiger charge is 2.16. The number of hydrogen-bond donors (Lipinski definition) is 1. The van der Waals surface area contributed by atoms with Gasteiger partial charge in [0.25, 0.3) is 5.69 Å². The van der Waals surface area contributed by atoms with Crippen molar-refractivity contribution in [3.63, 3.8) is 0 Å². The van der Waals surface area contributed by atoms with Crippen LogP contribution in [0.3, 0.4) is 0 Å². The van der Waals surface area contributed by atoms with Gasteiger partial charge >= 0.3 is 0 Å². The average molecular weight is 336 g/mol. The molecule has 8 heteroatoms. The second kappa shape index (κ2) is 7.49. The molecule has 0 aliphatic rings. The predicted molar refractivity (Wildman–Crippen MR) is 83.4 cm³/mol. The molecule has 2 rings (SSSR count). The zero-order valence-corrected chi connectivity index (χ0v) is 12.7. The van der Waals surface area contributed by atoms with E-state index in [2.05, 4.69) is 5.32 Å². The van der Waals surface area contributed by atoms with E-state index < -0.39 is 16.6 Å². The normalized spacial score (nSPS) is 10.3. The van der Waals surface area contributed by atoms with Gasteiger partial charge in [0.2, 0.25) is 0 Å². The Labute approximate surface area is 136 Å². The van der Waals surface area contributed by atoms with Gasteiger partial charge in [-0.2, -0.15) is 0 Å². The molecule has 0 bridgehead atoms. The number of nitro benzene ring substituents is 1. The minimum atomic E-state index is -0.827. The van der Waals surface area contributed by atoms with Gasteiger partial charge in [0.05, 0.1) is 4.92 Å². The minimum Gasteiger partial charge on any atom is -0.489 e. The van der Waals surface area contributed by atoms with Crippen LogP contribution < -0.4 is 10.1 Å². The monoisotopic (exact) mass is 336 g/mol. The number of ketones is 1. The lowest BCUT2D eigenvalue weighted by molar-refractivity contribution is -0.384. The summed E-state index contributed by atoms with van der Waals surface area (Å²) in [6.45, 7) is 1.47. The van der Waals surface area contributed by atoms with Crippen molar-refractivity contribution in [2.45, 2.75) is 6.92 Å². The van der Waals surface area contributed by atoms with Crippen LogP contribution in [0.4, 0.5) is 20.2 Å². The maximum atomic E-state index is 13.4. The molecule has 0 heterocycles. The molecule has 0 atom stereocenters. The van der Waals surface area contributed by atoms with Crippen molar-refractivity contribution in [1.82, 2.24) is 0 Å². The summed E-state index contributed by atoms with van der Waals surface area (Å²) in [6.07, 6.45) is 0. The molecule has 6 nitrogen and oxygen atoms in total. The second-order valence-corrected chi connectivity index (χ2v) is 4.90. The number of anilines is 1. The Kier molecular flexibility index (Phi) is 5.41. The fourth-order valence-corrected chi connectivity index (χ4v) is 1.99. The number of benzene rings is 2. The Morgan fingerprint density at radius 1 is 1.25 bits per heavy atom. The zero-order chi connectivity index (χ0) is 17.7. The van der Waals surface area contributed by atoms with Gasteiger partial charge < -0.3 is 10.1 Å². The maximum absolute atomic E-state index is 13.4. The quantitative estimate of drug-likeness (QED) is 0.362. The maximum Gasteiger partial charge on any atom is 0.293 e. The number of carbonyl (C=O) groups is 1. The molecule has 24 heavy (non-hydrogen) atoms. The predicted octanol–water partition coefficient (Wildman–Crippen LogP) is 3.57. The third kappa shape index (κ3) is 4.25. The summed E-state index contributed by atoms with van der Waals surface area (Å²) in [5.74, 6) is -1.93. The van der Waals surface area contributed by atoms with Crippen molar-refractivity contribution in [2.75, 3.05) is 18.5 Å². The summed E-state index contributed by atoms with van der Waals surface area (Å²) in [5, 5.41) is 13.9. The molecule has 0 aliphatic heterocycles. The fraction of sp³-hybridized carbons (Fsp3) is 0.188. The topological polar surface area (TPSA) is 81.5 Å². The SMILES string of the molecule is CC(=O)c1ccc(NCCOc2ccc(F)cc2F)c([N+](=O)[O-])c1. The number of carbonyl (C=O) groups excluding carboxylic acids is 1. The van der Waals surface area contributed by atoms with Crippen molar-refractivity contribution >= 4 is 17.2 Å². The summed E-state index contributed by atoms with van der Waals surface area (Å²) in [7, 11) is 0. The van der Waals surface area contributed by atoms with Crippen LogP contribution in [0.2, 0.25) is 0 Å². The summed E-state index contributed by atoms with van der Waals surface area (Å²) in [4.78, 5) is 21.7. The first-order valence-electron chi connectivity index (χ1n) is 6.99. The molecule has 2 aromatic carbocycles. The molecular weight excluding hydrogens is 322 g/mol. The van der Waals surface area contributed by atoms with Crippen LogP contribution in [-0.4, -0.2) is 23.9 Å². The molecule has 0 amide bonds. The van der Waals surface area contributed by atoms with Crippen LogP contribution >= 0.6 is 0 Å². The molecule has 0 saturated heterocycles. The van der Waals surface area contributed by atoms with E-state index in [-0.39, 0.29) is 41.6 Å². The van der Waals surface area contributed by atoms with Crippen LogP contribution in [-0.2, 0) is 0 Å². The van der Waals surface area contributed by atoms with Crippen LogP contribution in [0.5, 0.6) is 5.75 Å². The molecule has 0 unspecified atom stereocenters. The van der Waals surface area contributed by atoms with E-state index in [0.29, 0.717) is 6.07 Å². The number of ether oxygens (including phenoxy) is 1. The molecule has 0 aliphatic carbocycles. The Balaban J connectivity index is 1.99. The second-order valence-electron chi connectivity index (χ2n) is 4.90. The van der Waals surface area contributed by atoms with E-state index in [0.717, 1.165) is 12.1 Å². The van der Waals surface area contributed by atoms with Crippen molar-refractivity contribution in [1.29, 1.82) is 0 Å². The van der Waals surface area contributed by atoms with E-state index in [1.807, 2.05) is 0 Å². The lowest BCUT2D eigenvalue weighted by atomic mass is 10.1. The Morgan fingerprint density at radius 2 is 2.00 bits per heavy atom. The fourth-order valence-electron chi connectivity index (χ4n) is 1.99. The van der Waals surface area contributed by atoms with E-state index in [4.69, 9.17) is 4.74 Å². The highest BCUT2D eigenvalue weighted by molar-refractivity contribution is 5.95. The largest absolute Gasteiger partial charge is 0.489 e. The lowest BCUT2D eigenvalue weighted by Gasteiger charge is -2.10. The van der Waals surface area contributed by atoms with Crippen LogP contribution in [0.15, 0.2) is 36.4 Å². The number of nitrogens with one attached hydrogen (secondary N) is 1. The molecule has 0 aromatic heterocycles. The molecule has 0 saturated carbocycles.